The van der Waals surface area contributed by atoms with E-state index in [2.05, 4.69) is 10.3 Å². The number of carbonyl (C=O) groups excluding carboxylic acids is 1. The molecule has 8 heteroatoms. The molecule has 2 aromatic rings. The number of carbonyl (C=O) groups is 1. The van der Waals surface area contributed by atoms with Gasteiger partial charge in [0.15, 0.2) is 0 Å². The van der Waals surface area contributed by atoms with Gasteiger partial charge in [0.25, 0.3) is 5.91 Å². The molecule has 0 aliphatic rings. The van der Waals surface area contributed by atoms with E-state index in [1.165, 1.54) is 6.07 Å². The summed E-state index contributed by atoms with van der Waals surface area (Å²) in [7, 11) is 0. The Kier molecular flexibility index (Phi) is 5.19. The second kappa shape index (κ2) is 6.68. The van der Waals surface area contributed by atoms with Gasteiger partial charge in [0.2, 0.25) is 0 Å². The van der Waals surface area contributed by atoms with Crippen molar-refractivity contribution in [3.8, 4) is 0 Å². The number of hydrogen-bond acceptors (Lipinski definition) is 4. The van der Waals surface area contributed by atoms with Crippen molar-refractivity contribution >= 4 is 27.5 Å². The number of hydrogen-bond donors (Lipinski definition) is 2. The van der Waals surface area contributed by atoms with Gasteiger partial charge >= 0.3 is 6.18 Å². The molecule has 0 saturated heterocycles. The summed E-state index contributed by atoms with van der Waals surface area (Å²) in [6.45, 7) is 5.88. The average Bonchev–Trinajstić information content (AvgIpc) is 2.88. The van der Waals surface area contributed by atoms with Crippen molar-refractivity contribution in [3.63, 3.8) is 0 Å². The molecule has 0 unspecified atom stereocenters. The smallest absolute Gasteiger partial charge is 0.345 e. The molecule has 0 atom stereocenters. The van der Waals surface area contributed by atoms with E-state index >= 15 is 0 Å². The van der Waals surface area contributed by atoms with Gasteiger partial charge < -0.3 is 11.1 Å². The maximum absolute atomic E-state index is 12.8. The number of pyridine rings is 1. The summed E-state index contributed by atoms with van der Waals surface area (Å²) in [6, 6.07) is 2.30. The molecule has 0 aliphatic carbocycles. The Balaban J connectivity index is 2.42. The van der Waals surface area contributed by atoms with Crippen LogP contribution in [-0.4, -0.2) is 23.0 Å². The Hall–Kier alpha value is -1.67. The molecule has 2 heterocycles. The van der Waals surface area contributed by atoms with Crippen molar-refractivity contribution in [1.29, 1.82) is 0 Å². The van der Waals surface area contributed by atoms with Crippen LogP contribution in [0, 0.1) is 6.92 Å². The van der Waals surface area contributed by atoms with Crippen molar-refractivity contribution in [2.75, 3.05) is 6.54 Å². The van der Waals surface area contributed by atoms with Gasteiger partial charge in [0, 0.05) is 11.9 Å². The van der Waals surface area contributed by atoms with Crippen molar-refractivity contribution in [3.05, 3.63) is 28.3 Å². The molecule has 24 heavy (non-hydrogen) atoms. The van der Waals surface area contributed by atoms with Gasteiger partial charge in [0.05, 0.1) is 10.4 Å². The topological polar surface area (TPSA) is 68.0 Å². The molecular formula is C16H20F3N3OS. The number of amides is 1. The zero-order chi connectivity index (χ0) is 18.1. The SMILES string of the molecule is CCC(CC)(CN)NC(=O)c1sc2nc(C(F)(F)F)ccc2c1C. The zero-order valence-electron chi connectivity index (χ0n) is 13.8. The monoisotopic (exact) mass is 359 g/mol. The van der Waals surface area contributed by atoms with Crippen LogP contribution >= 0.6 is 11.3 Å². The number of rotatable bonds is 5. The predicted octanol–water partition coefficient (Wildman–Crippen LogP) is 3.87. The number of nitrogens with zero attached hydrogens (tertiary/aromatic N) is 1. The van der Waals surface area contributed by atoms with E-state index in [-0.39, 0.29) is 10.7 Å². The van der Waals surface area contributed by atoms with Crippen LogP contribution in [0.1, 0.15) is 47.6 Å². The highest BCUT2D eigenvalue weighted by Gasteiger charge is 2.33. The molecule has 3 N–H and O–H groups in total. The zero-order valence-corrected chi connectivity index (χ0v) is 14.6. The highest BCUT2D eigenvalue weighted by molar-refractivity contribution is 7.20. The lowest BCUT2D eigenvalue weighted by Crippen LogP contribution is -2.52. The maximum Gasteiger partial charge on any atom is 0.433 e. The van der Waals surface area contributed by atoms with Crippen LogP contribution in [0.15, 0.2) is 12.1 Å². The molecule has 2 rings (SSSR count). The summed E-state index contributed by atoms with van der Waals surface area (Å²) in [5.74, 6) is -0.321. The van der Waals surface area contributed by atoms with Gasteiger partial charge in [-0.25, -0.2) is 4.98 Å². The molecule has 0 spiro atoms. The minimum absolute atomic E-state index is 0.207. The van der Waals surface area contributed by atoms with Gasteiger partial charge in [-0.2, -0.15) is 13.2 Å². The lowest BCUT2D eigenvalue weighted by Gasteiger charge is -2.31. The first-order valence-electron chi connectivity index (χ1n) is 7.67. The lowest BCUT2D eigenvalue weighted by molar-refractivity contribution is -0.140. The second-order valence-electron chi connectivity index (χ2n) is 5.75. The van der Waals surface area contributed by atoms with Gasteiger partial charge in [-0.3, -0.25) is 4.79 Å². The van der Waals surface area contributed by atoms with E-state index in [1.54, 1.807) is 6.92 Å². The molecule has 0 saturated carbocycles. The Morgan fingerprint density at radius 3 is 2.42 bits per heavy atom. The molecule has 0 aromatic carbocycles. The second-order valence-corrected chi connectivity index (χ2v) is 6.75. The fourth-order valence-corrected chi connectivity index (χ4v) is 3.61. The van der Waals surface area contributed by atoms with Gasteiger partial charge in [-0.1, -0.05) is 13.8 Å². The van der Waals surface area contributed by atoms with Crippen LogP contribution in [0.2, 0.25) is 0 Å². The number of nitrogens with one attached hydrogen (secondary N) is 1. The first-order valence-corrected chi connectivity index (χ1v) is 8.49. The molecule has 2 aromatic heterocycles. The summed E-state index contributed by atoms with van der Waals surface area (Å²) in [4.78, 5) is 16.8. The lowest BCUT2D eigenvalue weighted by atomic mass is 9.93. The van der Waals surface area contributed by atoms with Crippen LogP contribution in [0.3, 0.4) is 0 Å². The molecule has 4 nitrogen and oxygen atoms in total. The fraction of sp³-hybridized carbons (Fsp3) is 0.500. The standard InChI is InChI=1S/C16H20F3N3OS/c1-4-15(5-2,8-20)22-13(23)12-9(3)10-6-7-11(16(17,18)19)21-14(10)24-12/h6-7H,4-5,8,20H2,1-3H3,(H,22,23). The highest BCUT2D eigenvalue weighted by atomic mass is 32.1. The van der Waals surface area contributed by atoms with Crippen LogP contribution in [0.5, 0.6) is 0 Å². The van der Waals surface area contributed by atoms with Crippen LogP contribution in [0.25, 0.3) is 10.2 Å². The minimum atomic E-state index is -4.51. The maximum atomic E-state index is 12.8. The Morgan fingerprint density at radius 2 is 1.92 bits per heavy atom. The number of nitrogens with two attached hydrogens (primary N) is 1. The third-order valence-electron chi connectivity index (χ3n) is 4.42. The van der Waals surface area contributed by atoms with Crippen molar-refractivity contribution < 1.29 is 18.0 Å². The number of thiophene rings is 1. The third-order valence-corrected chi connectivity index (χ3v) is 5.62. The van der Waals surface area contributed by atoms with Crippen LogP contribution in [0.4, 0.5) is 13.2 Å². The summed E-state index contributed by atoms with van der Waals surface area (Å²) in [5, 5.41) is 3.50. The van der Waals surface area contributed by atoms with Gasteiger partial charge in [-0.05, 0) is 37.5 Å². The predicted molar refractivity (Wildman–Crippen MR) is 89.2 cm³/mol. The van der Waals surface area contributed by atoms with Gasteiger partial charge in [-0.15, -0.1) is 11.3 Å². The number of halogens is 3. The molecule has 1 amide bonds. The highest BCUT2D eigenvalue weighted by Crippen LogP contribution is 2.34. The Bertz CT molecular complexity index is 743. The number of alkyl halides is 3. The Morgan fingerprint density at radius 1 is 1.29 bits per heavy atom. The van der Waals surface area contributed by atoms with Crippen molar-refractivity contribution in [1.82, 2.24) is 10.3 Å². The molecular weight excluding hydrogens is 339 g/mol. The summed E-state index contributed by atoms with van der Waals surface area (Å²) in [6.07, 6.45) is -3.16. The number of aromatic nitrogens is 1. The summed E-state index contributed by atoms with van der Waals surface area (Å²) in [5.41, 5.74) is 4.95. The normalized spacial score (nSPS) is 12.6. The van der Waals surface area contributed by atoms with E-state index in [0.717, 1.165) is 17.4 Å². The van der Waals surface area contributed by atoms with Crippen LogP contribution in [-0.2, 0) is 6.18 Å². The van der Waals surface area contributed by atoms with E-state index in [9.17, 15) is 18.0 Å². The molecule has 0 radical (unpaired) electrons. The van der Waals surface area contributed by atoms with E-state index in [1.807, 2.05) is 13.8 Å². The van der Waals surface area contributed by atoms with Crippen molar-refractivity contribution in [2.24, 2.45) is 5.73 Å². The minimum Gasteiger partial charge on any atom is -0.345 e. The van der Waals surface area contributed by atoms with Crippen molar-refractivity contribution in [2.45, 2.75) is 45.3 Å². The fourth-order valence-electron chi connectivity index (χ4n) is 2.54. The molecule has 132 valence electrons. The third kappa shape index (κ3) is 3.39. The van der Waals surface area contributed by atoms with Gasteiger partial charge in [0.1, 0.15) is 10.5 Å². The van der Waals surface area contributed by atoms with Crippen LogP contribution < -0.4 is 11.1 Å². The van der Waals surface area contributed by atoms with E-state index in [0.29, 0.717) is 35.2 Å². The Labute approximate surface area is 142 Å². The van der Waals surface area contributed by atoms with E-state index in [4.69, 9.17) is 5.73 Å². The number of fused-ring (bicyclic) bond motifs is 1. The first kappa shape index (κ1) is 18.7. The summed E-state index contributed by atoms with van der Waals surface area (Å²) >= 11 is 0.970. The molecule has 0 fully saturated rings. The molecule has 0 aliphatic heterocycles. The number of aryl methyl sites for hydroxylation is 1. The summed E-state index contributed by atoms with van der Waals surface area (Å²) < 4.78 is 38.4. The largest absolute Gasteiger partial charge is 0.433 e. The average molecular weight is 359 g/mol. The quantitative estimate of drug-likeness (QED) is 0.851. The van der Waals surface area contributed by atoms with E-state index < -0.39 is 17.4 Å². The molecule has 0 bridgehead atoms. The first-order chi connectivity index (χ1) is 11.2.